The van der Waals surface area contributed by atoms with Gasteiger partial charge < -0.3 is 5.32 Å². The Morgan fingerprint density at radius 1 is 1.19 bits per heavy atom. The van der Waals surface area contributed by atoms with Gasteiger partial charge in [0.1, 0.15) is 11.6 Å². The van der Waals surface area contributed by atoms with Gasteiger partial charge in [-0.3, -0.25) is 14.3 Å². The molecule has 1 atom stereocenters. The molecule has 5 nitrogen and oxygen atoms in total. The molecule has 1 aromatic carbocycles. The zero-order chi connectivity index (χ0) is 15.6. The SMILES string of the molecule is CC(Nc1cc(=O)n(C(C)C)c(=O)[nH]1)c1cccc(F)c1. The van der Waals surface area contributed by atoms with E-state index in [4.69, 9.17) is 0 Å². The van der Waals surface area contributed by atoms with Crippen LogP contribution in [0.15, 0.2) is 39.9 Å². The first kappa shape index (κ1) is 15.0. The third kappa shape index (κ3) is 3.39. The highest BCUT2D eigenvalue weighted by Gasteiger charge is 2.10. The molecule has 0 fully saturated rings. The normalized spacial score (nSPS) is 12.4. The second-order valence-electron chi connectivity index (χ2n) is 5.21. The number of benzene rings is 1. The molecule has 0 bridgehead atoms. The molecule has 0 saturated carbocycles. The van der Waals surface area contributed by atoms with Gasteiger partial charge in [-0.15, -0.1) is 0 Å². The van der Waals surface area contributed by atoms with E-state index in [0.717, 1.165) is 10.1 Å². The fourth-order valence-corrected chi connectivity index (χ4v) is 2.16. The van der Waals surface area contributed by atoms with Crippen LogP contribution in [0.25, 0.3) is 0 Å². The first-order valence-corrected chi connectivity index (χ1v) is 6.76. The van der Waals surface area contributed by atoms with Crippen LogP contribution in [0.4, 0.5) is 10.2 Å². The van der Waals surface area contributed by atoms with Crippen molar-refractivity contribution in [2.45, 2.75) is 32.9 Å². The maximum absolute atomic E-state index is 13.2. The van der Waals surface area contributed by atoms with Crippen molar-refractivity contribution in [2.24, 2.45) is 0 Å². The lowest BCUT2D eigenvalue weighted by Gasteiger charge is -2.16. The smallest absolute Gasteiger partial charge is 0.330 e. The van der Waals surface area contributed by atoms with Crippen LogP contribution in [0.1, 0.15) is 38.4 Å². The van der Waals surface area contributed by atoms with E-state index in [9.17, 15) is 14.0 Å². The minimum Gasteiger partial charge on any atom is -0.365 e. The predicted molar refractivity (Wildman–Crippen MR) is 80.1 cm³/mol. The van der Waals surface area contributed by atoms with Gasteiger partial charge in [-0.05, 0) is 38.5 Å². The first-order chi connectivity index (χ1) is 9.88. The minimum atomic E-state index is -0.466. The number of halogens is 1. The molecule has 21 heavy (non-hydrogen) atoms. The number of hydrogen-bond acceptors (Lipinski definition) is 3. The third-order valence-electron chi connectivity index (χ3n) is 3.20. The zero-order valence-electron chi connectivity index (χ0n) is 12.2. The summed E-state index contributed by atoms with van der Waals surface area (Å²) in [4.78, 5) is 26.4. The lowest BCUT2D eigenvalue weighted by molar-refractivity contribution is 0.546. The van der Waals surface area contributed by atoms with Gasteiger partial charge >= 0.3 is 5.69 Å². The second kappa shape index (κ2) is 5.95. The molecule has 0 aliphatic carbocycles. The van der Waals surface area contributed by atoms with E-state index >= 15 is 0 Å². The Morgan fingerprint density at radius 3 is 2.48 bits per heavy atom. The minimum absolute atomic E-state index is 0.212. The summed E-state index contributed by atoms with van der Waals surface area (Å²) in [6.07, 6.45) is 0. The average Bonchev–Trinajstić information content (AvgIpc) is 2.37. The summed E-state index contributed by atoms with van der Waals surface area (Å²) in [6.45, 7) is 5.35. The summed E-state index contributed by atoms with van der Waals surface area (Å²) in [7, 11) is 0. The second-order valence-corrected chi connectivity index (χ2v) is 5.21. The van der Waals surface area contributed by atoms with Gasteiger partial charge in [-0.2, -0.15) is 0 Å². The Hall–Kier alpha value is -2.37. The number of nitrogens with one attached hydrogen (secondary N) is 2. The molecule has 0 radical (unpaired) electrons. The van der Waals surface area contributed by atoms with E-state index in [1.807, 2.05) is 6.92 Å². The van der Waals surface area contributed by atoms with Gasteiger partial charge in [0.2, 0.25) is 0 Å². The van der Waals surface area contributed by atoms with E-state index in [0.29, 0.717) is 5.82 Å². The van der Waals surface area contributed by atoms with Crippen LogP contribution in [-0.2, 0) is 0 Å². The van der Waals surface area contributed by atoms with E-state index in [1.54, 1.807) is 26.0 Å². The molecule has 112 valence electrons. The number of aromatic nitrogens is 2. The molecule has 0 aliphatic heterocycles. The number of aromatic amines is 1. The highest BCUT2D eigenvalue weighted by atomic mass is 19.1. The van der Waals surface area contributed by atoms with Gasteiger partial charge in [0.05, 0.1) is 0 Å². The van der Waals surface area contributed by atoms with Crippen LogP contribution in [0.3, 0.4) is 0 Å². The fraction of sp³-hybridized carbons (Fsp3) is 0.333. The highest BCUT2D eigenvalue weighted by Crippen LogP contribution is 2.17. The first-order valence-electron chi connectivity index (χ1n) is 6.76. The van der Waals surface area contributed by atoms with Crippen molar-refractivity contribution >= 4 is 5.82 Å². The molecule has 0 saturated heterocycles. The Morgan fingerprint density at radius 2 is 1.90 bits per heavy atom. The third-order valence-corrected chi connectivity index (χ3v) is 3.20. The van der Waals surface area contributed by atoms with Gasteiger partial charge in [-0.1, -0.05) is 12.1 Å². The monoisotopic (exact) mass is 291 g/mol. The number of anilines is 1. The molecule has 1 unspecified atom stereocenters. The summed E-state index contributed by atoms with van der Waals surface area (Å²) in [5, 5.41) is 3.00. The number of hydrogen-bond donors (Lipinski definition) is 2. The Balaban J connectivity index is 2.28. The van der Waals surface area contributed by atoms with E-state index < -0.39 is 5.69 Å². The molecular weight excluding hydrogens is 273 g/mol. The fourth-order valence-electron chi connectivity index (χ4n) is 2.16. The maximum atomic E-state index is 13.2. The van der Waals surface area contributed by atoms with Crippen molar-refractivity contribution in [3.63, 3.8) is 0 Å². The van der Waals surface area contributed by atoms with E-state index in [-0.39, 0.29) is 23.5 Å². The molecule has 2 aromatic rings. The van der Waals surface area contributed by atoms with Crippen molar-refractivity contribution < 1.29 is 4.39 Å². The summed E-state index contributed by atoms with van der Waals surface area (Å²) >= 11 is 0. The van der Waals surface area contributed by atoms with Crippen LogP contribution in [-0.4, -0.2) is 9.55 Å². The molecular formula is C15H18FN3O2. The molecule has 2 N–H and O–H groups in total. The lowest BCUT2D eigenvalue weighted by atomic mass is 10.1. The van der Waals surface area contributed by atoms with Crippen LogP contribution in [0.2, 0.25) is 0 Å². The van der Waals surface area contributed by atoms with E-state index in [2.05, 4.69) is 10.3 Å². The van der Waals surface area contributed by atoms with Crippen LogP contribution in [0, 0.1) is 5.82 Å². The molecule has 6 heteroatoms. The Bertz CT molecular complexity index is 718. The van der Waals surface area contributed by atoms with Crippen molar-refractivity contribution in [1.82, 2.24) is 9.55 Å². The maximum Gasteiger partial charge on any atom is 0.330 e. The molecule has 0 aliphatic rings. The molecule has 1 heterocycles. The number of H-pyrrole nitrogens is 1. The van der Waals surface area contributed by atoms with Gasteiger partial charge in [0, 0.05) is 18.2 Å². The standard InChI is InChI=1S/C15H18FN3O2/c1-9(2)19-14(20)8-13(18-15(19)21)17-10(3)11-5-4-6-12(16)7-11/h4-10,17H,1-3H3,(H,18,21). The summed E-state index contributed by atoms with van der Waals surface area (Å²) in [5.41, 5.74) is -0.113. The van der Waals surface area contributed by atoms with Crippen LogP contribution < -0.4 is 16.6 Å². The Labute approximate surface area is 121 Å². The molecule has 0 amide bonds. The topological polar surface area (TPSA) is 66.9 Å². The highest BCUT2D eigenvalue weighted by molar-refractivity contribution is 5.36. The van der Waals surface area contributed by atoms with Gasteiger partial charge in [-0.25, -0.2) is 9.18 Å². The molecule has 2 rings (SSSR count). The average molecular weight is 291 g/mol. The number of rotatable bonds is 4. The quantitative estimate of drug-likeness (QED) is 0.909. The van der Waals surface area contributed by atoms with Crippen molar-refractivity contribution in [3.8, 4) is 0 Å². The largest absolute Gasteiger partial charge is 0.365 e. The predicted octanol–water partition coefficient (Wildman–Crippen LogP) is 2.43. The van der Waals surface area contributed by atoms with E-state index in [1.165, 1.54) is 18.2 Å². The molecule has 0 spiro atoms. The van der Waals surface area contributed by atoms with Crippen molar-refractivity contribution in [3.05, 3.63) is 62.6 Å². The molecule has 1 aromatic heterocycles. The summed E-state index contributed by atoms with van der Waals surface area (Å²) in [6, 6.07) is 7.03. The van der Waals surface area contributed by atoms with Crippen LogP contribution >= 0.6 is 0 Å². The number of nitrogens with zero attached hydrogens (tertiary/aromatic N) is 1. The van der Waals surface area contributed by atoms with Crippen LogP contribution in [0.5, 0.6) is 0 Å². The lowest BCUT2D eigenvalue weighted by Crippen LogP contribution is -2.36. The van der Waals surface area contributed by atoms with Gasteiger partial charge in [0.25, 0.3) is 5.56 Å². The summed E-state index contributed by atoms with van der Waals surface area (Å²) in [5.74, 6) is -0.0106. The Kier molecular flexibility index (Phi) is 4.26. The summed E-state index contributed by atoms with van der Waals surface area (Å²) < 4.78 is 14.3. The van der Waals surface area contributed by atoms with Gasteiger partial charge in [0.15, 0.2) is 0 Å². The van der Waals surface area contributed by atoms with Crippen molar-refractivity contribution in [2.75, 3.05) is 5.32 Å². The zero-order valence-corrected chi connectivity index (χ0v) is 12.2. The van der Waals surface area contributed by atoms with Crippen molar-refractivity contribution in [1.29, 1.82) is 0 Å².